The maximum absolute atomic E-state index is 4.72. The molecule has 0 atom stereocenters. The number of benzene rings is 1. The van der Waals surface area contributed by atoms with Gasteiger partial charge in [0.15, 0.2) is 11.5 Å². The lowest BCUT2D eigenvalue weighted by Gasteiger charge is -2.10. The Labute approximate surface area is 140 Å². The lowest BCUT2D eigenvalue weighted by Crippen LogP contribution is -1.99. The molecule has 0 aliphatic heterocycles. The lowest BCUT2D eigenvalue weighted by atomic mass is 10.1. The van der Waals surface area contributed by atoms with Gasteiger partial charge in [-0.1, -0.05) is 38.1 Å². The summed E-state index contributed by atoms with van der Waals surface area (Å²) in [5, 5.41) is 0. The standard InChI is InChI=1S/C20H18N4/c1-14(2)15-10-11-17(22-13-15)20-23-19-18(9-6-12-21-19)24(20)16-7-4-3-5-8-16/h3-14H,1-2H3. The van der Waals surface area contributed by atoms with Crippen molar-refractivity contribution in [3.8, 4) is 17.2 Å². The topological polar surface area (TPSA) is 43.6 Å². The quantitative estimate of drug-likeness (QED) is 0.555. The molecule has 4 heteroatoms. The third-order valence-corrected chi connectivity index (χ3v) is 4.13. The van der Waals surface area contributed by atoms with Gasteiger partial charge in [0.1, 0.15) is 5.69 Å². The molecule has 0 amide bonds. The molecule has 0 unspecified atom stereocenters. The summed E-state index contributed by atoms with van der Waals surface area (Å²) in [5.41, 5.74) is 4.83. The van der Waals surface area contributed by atoms with Crippen LogP contribution in [0.2, 0.25) is 0 Å². The molecule has 0 radical (unpaired) electrons. The van der Waals surface area contributed by atoms with Crippen molar-refractivity contribution in [2.45, 2.75) is 19.8 Å². The van der Waals surface area contributed by atoms with Gasteiger partial charge in [0, 0.05) is 18.1 Å². The molecule has 0 spiro atoms. The predicted octanol–water partition coefficient (Wildman–Crippen LogP) is 4.61. The fourth-order valence-electron chi connectivity index (χ4n) is 2.80. The van der Waals surface area contributed by atoms with Crippen molar-refractivity contribution >= 4 is 11.2 Å². The summed E-state index contributed by atoms with van der Waals surface area (Å²) in [4.78, 5) is 13.8. The Hall–Kier alpha value is -3.01. The van der Waals surface area contributed by atoms with Crippen LogP contribution in [0.3, 0.4) is 0 Å². The maximum atomic E-state index is 4.72. The number of hydrogen-bond donors (Lipinski definition) is 0. The fraction of sp³-hybridized carbons (Fsp3) is 0.150. The van der Waals surface area contributed by atoms with Gasteiger partial charge in [-0.2, -0.15) is 0 Å². The molecule has 3 heterocycles. The lowest BCUT2D eigenvalue weighted by molar-refractivity contribution is 0.858. The average molecular weight is 314 g/mol. The van der Waals surface area contributed by atoms with E-state index in [0.29, 0.717) is 5.92 Å². The predicted molar refractivity (Wildman–Crippen MR) is 96.2 cm³/mol. The second kappa shape index (κ2) is 5.89. The number of nitrogens with zero attached hydrogens (tertiary/aromatic N) is 4. The first-order valence-electron chi connectivity index (χ1n) is 8.09. The number of rotatable bonds is 3. The van der Waals surface area contributed by atoms with E-state index in [1.807, 2.05) is 42.6 Å². The first-order valence-corrected chi connectivity index (χ1v) is 8.09. The highest BCUT2D eigenvalue weighted by Gasteiger charge is 2.15. The van der Waals surface area contributed by atoms with Crippen molar-refractivity contribution in [1.82, 2.24) is 19.5 Å². The van der Waals surface area contributed by atoms with E-state index >= 15 is 0 Å². The van der Waals surface area contributed by atoms with Gasteiger partial charge in [0.2, 0.25) is 0 Å². The molecule has 0 N–H and O–H groups in total. The van der Waals surface area contributed by atoms with E-state index in [0.717, 1.165) is 28.4 Å². The average Bonchev–Trinajstić information content (AvgIpc) is 3.02. The van der Waals surface area contributed by atoms with Gasteiger partial charge < -0.3 is 0 Å². The van der Waals surface area contributed by atoms with Gasteiger partial charge in [-0.3, -0.25) is 9.55 Å². The van der Waals surface area contributed by atoms with Crippen molar-refractivity contribution in [3.05, 3.63) is 72.6 Å². The van der Waals surface area contributed by atoms with Crippen LogP contribution in [0.5, 0.6) is 0 Å². The minimum absolute atomic E-state index is 0.459. The van der Waals surface area contributed by atoms with Crippen LogP contribution in [0.1, 0.15) is 25.3 Å². The summed E-state index contributed by atoms with van der Waals surface area (Å²) in [7, 11) is 0. The van der Waals surface area contributed by atoms with Crippen LogP contribution in [0.25, 0.3) is 28.4 Å². The first kappa shape index (κ1) is 14.6. The van der Waals surface area contributed by atoms with Gasteiger partial charge in [-0.15, -0.1) is 0 Å². The Kier molecular flexibility index (Phi) is 3.58. The van der Waals surface area contributed by atoms with Crippen LogP contribution in [-0.4, -0.2) is 19.5 Å². The van der Waals surface area contributed by atoms with Crippen LogP contribution in [-0.2, 0) is 0 Å². The molecule has 3 aromatic heterocycles. The second-order valence-electron chi connectivity index (χ2n) is 6.08. The van der Waals surface area contributed by atoms with E-state index in [1.54, 1.807) is 6.20 Å². The monoisotopic (exact) mass is 314 g/mol. The van der Waals surface area contributed by atoms with E-state index < -0.39 is 0 Å². The van der Waals surface area contributed by atoms with E-state index in [2.05, 4.69) is 46.6 Å². The maximum Gasteiger partial charge on any atom is 0.178 e. The molecule has 0 bridgehead atoms. The van der Waals surface area contributed by atoms with E-state index in [1.165, 1.54) is 5.56 Å². The third kappa shape index (κ3) is 2.46. The van der Waals surface area contributed by atoms with Gasteiger partial charge >= 0.3 is 0 Å². The number of para-hydroxylation sites is 1. The van der Waals surface area contributed by atoms with E-state index in [-0.39, 0.29) is 0 Å². The van der Waals surface area contributed by atoms with Gasteiger partial charge in [-0.05, 0) is 41.8 Å². The van der Waals surface area contributed by atoms with Crippen LogP contribution >= 0.6 is 0 Å². The number of hydrogen-bond acceptors (Lipinski definition) is 3. The van der Waals surface area contributed by atoms with Crippen molar-refractivity contribution in [2.24, 2.45) is 0 Å². The summed E-state index contributed by atoms with van der Waals surface area (Å²) in [6.45, 7) is 4.33. The Balaban J connectivity index is 1.95. The molecular weight excluding hydrogens is 296 g/mol. The second-order valence-corrected chi connectivity index (χ2v) is 6.08. The van der Waals surface area contributed by atoms with Crippen LogP contribution < -0.4 is 0 Å². The SMILES string of the molecule is CC(C)c1ccc(-c2nc3ncccc3n2-c2ccccc2)nc1. The smallest absolute Gasteiger partial charge is 0.178 e. The molecule has 0 fully saturated rings. The molecule has 0 saturated heterocycles. The molecule has 1 aromatic carbocycles. The Morgan fingerprint density at radius 1 is 0.875 bits per heavy atom. The van der Waals surface area contributed by atoms with Gasteiger partial charge in [0.25, 0.3) is 0 Å². The van der Waals surface area contributed by atoms with Crippen molar-refractivity contribution in [3.63, 3.8) is 0 Å². The summed E-state index contributed by atoms with van der Waals surface area (Å²) in [6, 6.07) is 18.3. The highest BCUT2D eigenvalue weighted by Crippen LogP contribution is 2.27. The van der Waals surface area contributed by atoms with E-state index in [4.69, 9.17) is 4.98 Å². The van der Waals surface area contributed by atoms with Crippen LogP contribution in [0, 0.1) is 0 Å². The number of aromatic nitrogens is 4. The third-order valence-electron chi connectivity index (χ3n) is 4.13. The molecule has 4 aromatic rings. The minimum Gasteiger partial charge on any atom is -0.289 e. The molecule has 0 saturated carbocycles. The molecule has 0 aliphatic rings. The molecule has 24 heavy (non-hydrogen) atoms. The van der Waals surface area contributed by atoms with Gasteiger partial charge in [0.05, 0.1) is 5.52 Å². The van der Waals surface area contributed by atoms with Crippen molar-refractivity contribution in [2.75, 3.05) is 0 Å². The molecular formula is C20H18N4. The summed E-state index contributed by atoms with van der Waals surface area (Å²) in [5.74, 6) is 1.27. The van der Waals surface area contributed by atoms with Crippen molar-refractivity contribution < 1.29 is 0 Å². The normalized spacial score (nSPS) is 11.3. The fourth-order valence-corrected chi connectivity index (χ4v) is 2.80. The zero-order valence-electron chi connectivity index (χ0n) is 13.7. The largest absolute Gasteiger partial charge is 0.289 e. The zero-order valence-corrected chi connectivity index (χ0v) is 13.7. The highest BCUT2D eigenvalue weighted by molar-refractivity contribution is 5.79. The van der Waals surface area contributed by atoms with Crippen molar-refractivity contribution in [1.29, 1.82) is 0 Å². The minimum atomic E-state index is 0.459. The van der Waals surface area contributed by atoms with Crippen LogP contribution in [0.4, 0.5) is 0 Å². The highest BCUT2D eigenvalue weighted by atomic mass is 15.1. The Morgan fingerprint density at radius 2 is 1.71 bits per heavy atom. The van der Waals surface area contributed by atoms with Gasteiger partial charge in [-0.25, -0.2) is 9.97 Å². The van der Waals surface area contributed by atoms with Crippen LogP contribution in [0.15, 0.2) is 67.0 Å². The van der Waals surface area contributed by atoms with E-state index in [9.17, 15) is 0 Å². The number of imidazole rings is 1. The molecule has 0 aliphatic carbocycles. The number of fused-ring (bicyclic) bond motifs is 1. The molecule has 4 rings (SSSR count). The Bertz CT molecular complexity index is 970. The number of pyridine rings is 2. The zero-order chi connectivity index (χ0) is 16.5. The first-order chi connectivity index (χ1) is 11.7. The summed E-state index contributed by atoms with van der Waals surface area (Å²) >= 11 is 0. The molecule has 118 valence electrons. The molecule has 4 nitrogen and oxygen atoms in total. The summed E-state index contributed by atoms with van der Waals surface area (Å²) in [6.07, 6.45) is 3.70. The summed E-state index contributed by atoms with van der Waals surface area (Å²) < 4.78 is 2.11. The Morgan fingerprint density at radius 3 is 2.42 bits per heavy atom.